The van der Waals surface area contributed by atoms with Gasteiger partial charge < -0.3 is 14.9 Å². The second kappa shape index (κ2) is 9.75. The Morgan fingerprint density at radius 1 is 0.857 bits per heavy atom. The third-order valence-electron chi connectivity index (χ3n) is 5.83. The number of benzene rings is 3. The van der Waals surface area contributed by atoms with Crippen molar-refractivity contribution < 1.29 is 27.5 Å². The molecule has 4 rings (SSSR count). The predicted octanol–water partition coefficient (Wildman–Crippen LogP) is 3.24. The number of amides is 2. The van der Waals surface area contributed by atoms with E-state index in [4.69, 9.17) is 0 Å². The molecular formula is C25H24FN3O5S. The number of anilines is 1. The van der Waals surface area contributed by atoms with Crippen LogP contribution in [0.4, 0.5) is 10.1 Å². The number of aromatic hydroxyl groups is 1. The maximum atomic E-state index is 13.2. The fourth-order valence-electron chi connectivity index (χ4n) is 3.84. The molecule has 0 aliphatic carbocycles. The first-order valence-electron chi connectivity index (χ1n) is 10.9. The molecule has 0 saturated carbocycles. The number of halogens is 1. The molecule has 8 nitrogen and oxygen atoms in total. The van der Waals surface area contributed by atoms with Crippen LogP contribution in [-0.4, -0.2) is 61.3 Å². The van der Waals surface area contributed by atoms with Gasteiger partial charge in [-0.1, -0.05) is 18.2 Å². The number of carbonyl (C=O) groups is 2. The number of hydrogen-bond donors (Lipinski definition) is 2. The van der Waals surface area contributed by atoms with Gasteiger partial charge in [0.25, 0.3) is 21.8 Å². The monoisotopic (exact) mass is 497 g/mol. The molecule has 1 heterocycles. The smallest absolute Gasteiger partial charge is 0.261 e. The molecule has 182 valence electrons. The molecule has 0 bridgehead atoms. The van der Waals surface area contributed by atoms with Crippen molar-refractivity contribution >= 4 is 27.5 Å². The molecule has 0 unspecified atom stereocenters. The van der Waals surface area contributed by atoms with Gasteiger partial charge in [-0.25, -0.2) is 12.8 Å². The van der Waals surface area contributed by atoms with E-state index >= 15 is 0 Å². The van der Waals surface area contributed by atoms with Gasteiger partial charge in [-0.15, -0.1) is 0 Å². The topological polar surface area (TPSA) is 107 Å². The molecule has 1 fully saturated rings. The fraction of sp³-hybridized carbons (Fsp3) is 0.200. The Balaban J connectivity index is 1.47. The van der Waals surface area contributed by atoms with E-state index in [0.717, 1.165) is 12.1 Å². The summed E-state index contributed by atoms with van der Waals surface area (Å²) in [6, 6.07) is 15.5. The lowest BCUT2D eigenvalue weighted by molar-refractivity contribution is 0.0533. The first-order valence-corrected chi connectivity index (χ1v) is 12.4. The third kappa shape index (κ3) is 5.27. The molecule has 35 heavy (non-hydrogen) atoms. The van der Waals surface area contributed by atoms with Crippen LogP contribution < -0.4 is 4.72 Å². The van der Waals surface area contributed by atoms with Gasteiger partial charge >= 0.3 is 0 Å². The molecule has 3 aromatic rings. The van der Waals surface area contributed by atoms with E-state index in [-0.39, 0.29) is 65.5 Å². The molecule has 2 amide bonds. The number of sulfonamides is 1. The van der Waals surface area contributed by atoms with Crippen LogP contribution in [0.5, 0.6) is 5.75 Å². The zero-order valence-electron chi connectivity index (χ0n) is 18.9. The first kappa shape index (κ1) is 24.2. The standard InChI is InChI=1S/C25H24FN3O5S/c1-17-6-11-20(35(33,34)27-19-9-7-18(26)8-10-19)16-22(17)25(32)29-14-12-28(13-15-29)24(31)21-4-2-3-5-23(21)30/h2-11,16,27,30H,12-15H2,1H3. The highest BCUT2D eigenvalue weighted by atomic mass is 32.2. The van der Waals surface area contributed by atoms with Crippen LogP contribution in [0, 0.1) is 12.7 Å². The molecule has 1 aliphatic rings. The quantitative estimate of drug-likeness (QED) is 0.563. The Morgan fingerprint density at radius 2 is 1.43 bits per heavy atom. The molecular weight excluding hydrogens is 473 g/mol. The number of hydrogen-bond acceptors (Lipinski definition) is 5. The summed E-state index contributed by atoms with van der Waals surface area (Å²) in [7, 11) is -4.00. The van der Waals surface area contributed by atoms with Crippen molar-refractivity contribution in [3.8, 4) is 5.75 Å². The number of phenols is 1. The number of rotatable bonds is 5. The molecule has 0 atom stereocenters. The fourth-order valence-corrected chi connectivity index (χ4v) is 4.92. The summed E-state index contributed by atoms with van der Waals surface area (Å²) in [6.07, 6.45) is 0. The Labute approximate surface area is 202 Å². The number of phenolic OH excluding ortho intramolecular Hbond substituents is 1. The molecule has 1 saturated heterocycles. The van der Waals surface area contributed by atoms with Crippen LogP contribution >= 0.6 is 0 Å². The van der Waals surface area contributed by atoms with E-state index < -0.39 is 15.8 Å². The molecule has 0 radical (unpaired) electrons. The highest BCUT2D eigenvalue weighted by Crippen LogP contribution is 2.23. The largest absolute Gasteiger partial charge is 0.507 e. The lowest BCUT2D eigenvalue weighted by Crippen LogP contribution is -2.50. The normalized spacial score (nSPS) is 14.0. The van der Waals surface area contributed by atoms with Crippen molar-refractivity contribution in [3.63, 3.8) is 0 Å². The van der Waals surface area contributed by atoms with Crippen molar-refractivity contribution in [3.05, 3.63) is 89.2 Å². The minimum absolute atomic E-state index is 0.0934. The second-order valence-corrected chi connectivity index (χ2v) is 9.87. The average molecular weight is 498 g/mol. The SMILES string of the molecule is Cc1ccc(S(=O)(=O)Nc2ccc(F)cc2)cc1C(=O)N1CCN(C(=O)c2ccccc2O)CC1. The number of piperazine rings is 1. The minimum Gasteiger partial charge on any atom is -0.507 e. The van der Waals surface area contributed by atoms with Gasteiger partial charge in [0, 0.05) is 37.4 Å². The number of carbonyl (C=O) groups excluding carboxylic acids is 2. The average Bonchev–Trinajstić information content (AvgIpc) is 2.85. The van der Waals surface area contributed by atoms with Gasteiger partial charge in [0.15, 0.2) is 0 Å². The predicted molar refractivity (Wildman–Crippen MR) is 128 cm³/mol. The van der Waals surface area contributed by atoms with Crippen molar-refractivity contribution in [2.75, 3.05) is 30.9 Å². The van der Waals surface area contributed by atoms with E-state index in [0.29, 0.717) is 5.56 Å². The number of nitrogens with zero attached hydrogens (tertiary/aromatic N) is 2. The minimum atomic E-state index is -4.00. The third-order valence-corrected chi connectivity index (χ3v) is 7.21. The van der Waals surface area contributed by atoms with Gasteiger partial charge in [-0.3, -0.25) is 14.3 Å². The molecule has 0 aromatic heterocycles. The van der Waals surface area contributed by atoms with Crippen LogP contribution in [0.3, 0.4) is 0 Å². The van der Waals surface area contributed by atoms with Crippen LogP contribution in [0.2, 0.25) is 0 Å². The van der Waals surface area contributed by atoms with Gasteiger partial charge in [-0.05, 0) is 61.0 Å². The van der Waals surface area contributed by atoms with E-state index in [1.165, 1.54) is 30.3 Å². The zero-order valence-corrected chi connectivity index (χ0v) is 19.8. The van der Waals surface area contributed by atoms with Crippen LogP contribution in [-0.2, 0) is 10.0 Å². The molecule has 1 aliphatic heterocycles. The summed E-state index contributed by atoms with van der Waals surface area (Å²) in [5.74, 6) is -1.24. The summed E-state index contributed by atoms with van der Waals surface area (Å²) < 4.78 is 41.2. The summed E-state index contributed by atoms with van der Waals surface area (Å²) in [4.78, 5) is 29.0. The van der Waals surface area contributed by atoms with Crippen molar-refractivity contribution in [1.82, 2.24) is 9.80 Å². The number of nitrogens with one attached hydrogen (secondary N) is 1. The summed E-state index contributed by atoms with van der Waals surface area (Å²) in [6.45, 7) is 2.81. The van der Waals surface area contributed by atoms with Gasteiger partial charge in [0.1, 0.15) is 11.6 Å². The van der Waals surface area contributed by atoms with Crippen molar-refractivity contribution in [1.29, 1.82) is 0 Å². The Bertz CT molecular complexity index is 1370. The second-order valence-electron chi connectivity index (χ2n) is 8.19. The van der Waals surface area contributed by atoms with Crippen molar-refractivity contribution in [2.24, 2.45) is 0 Å². The molecule has 0 spiro atoms. The maximum absolute atomic E-state index is 13.2. The van der Waals surface area contributed by atoms with Gasteiger partial charge in [0.05, 0.1) is 10.5 Å². The highest BCUT2D eigenvalue weighted by Gasteiger charge is 2.28. The molecule has 10 heteroatoms. The summed E-state index contributed by atoms with van der Waals surface area (Å²) in [5, 5.41) is 9.95. The Hall–Kier alpha value is -3.92. The van der Waals surface area contributed by atoms with E-state index in [2.05, 4.69) is 4.72 Å². The van der Waals surface area contributed by atoms with Gasteiger partial charge in [-0.2, -0.15) is 0 Å². The Kier molecular flexibility index (Phi) is 6.74. The van der Waals surface area contributed by atoms with Crippen LogP contribution in [0.1, 0.15) is 26.3 Å². The molecule has 3 aromatic carbocycles. The van der Waals surface area contributed by atoms with E-state index in [9.17, 15) is 27.5 Å². The Morgan fingerprint density at radius 3 is 2.03 bits per heavy atom. The van der Waals surface area contributed by atoms with E-state index in [1.807, 2.05) is 0 Å². The lowest BCUT2D eigenvalue weighted by atomic mass is 10.1. The number of aryl methyl sites for hydroxylation is 1. The van der Waals surface area contributed by atoms with E-state index in [1.54, 1.807) is 41.0 Å². The highest BCUT2D eigenvalue weighted by molar-refractivity contribution is 7.92. The molecule has 2 N–H and O–H groups in total. The van der Waals surface area contributed by atoms with Crippen LogP contribution in [0.15, 0.2) is 71.6 Å². The van der Waals surface area contributed by atoms with Gasteiger partial charge in [0.2, 0.25) is 0 Å². The number of para-hydroxylation sites is 1. The van der Waals surface area contributed by atoms with Crippen molar-refractivity contribution in [2.45, 2.75) is 11.8 Å². The van der Waals surface area contributed by atoms with Crippen LogP contribution in [0.25, 0.3) is 0 Å². The maximum Gasteiger partial charge on any atom is 0.261 e. The first-order chi connectivity index (χ1) is 16.7. The summed E-state index contributed by atoms with van der Waals surface area (Å²) in [5.41, 5.74) is 1.26. The lowest BCUT2D eigenvalue weighted by Gasteiger charge is -2.35. The zero-order chi connectivity index (χ0) is 25.2. The summed E-state index contributed by atoms with van der Waals surface area (Å²) >= 11 is 0.